The van der Waals surface area contributed by atoms with E-state index < -0.39 is 0 Å². The fourth-order valence-electron chi connectivity index (χ4n) is 3.50. The van der Waals surface area contributed by atoms with Crippen LogP contribution in [0.15, 0.2) is 12.3 Å². The molecule has 2 aromatic rings. The van der Waals surface area contributed by atoms with E-state index in [1.54, 1.807) is 6.20 Å². The Kier molecular flexibility index (Phi) is 4.58. The number of nitrogens with two attached hydrogens (primary N) is 1. The molecule has 2 aromatic heterocycles. The van der Waals surface area contributed by atoms with Crippen molar-refractivity contribution >= 4 is 16.9 Å². The Morgan fingerprint density at radius 1 is 1.29 bits per heavy atom. The number of hydrogen-bond acceptors (Lipinski definition) is 4. The minimum absolute atomic E-state index is 0.0805. The molecule has 0 aliphatic carbocycles. The Bertz CT molecular complexity index is 741. The van der Waals surface area contributed by atoms with Crippen molar-refractivity contribution in [3.8, 4) is 0 Å². The molecular weight excluding hydrogens is 302 g/mol. The summed E-state index contributed by atoms with van der Waals surface area (Å²) in [7, 11) is 0. The lowest BCUT2D eigenvalue weighted by Crippen LogP contribution is -2.42. The average Bonchev–Trinajstić information content (AvgIpc) is 2.97. The lowest BCUT2D eigenvalue weighted by atomic mass is 9.90. The molecule has 0 saturated carbocycles. The largest absolute Gasteiger partial charge is 0.339 e. The summed E-state index contributed by atoms with van der Waals surface area (Å²) in [5, 5.41) is 5.27. The van der Waals surface area contributed by atoms with Crippen molar-refractivity contribution in [1.82, 2.24) is 19.7 Å². The maximum Gasteiger partial charge on any atom is 0.254 e. The van der Waals surface area contributed by atoms with Crippen LogP contribution >= 0.6 is 0 Å². The van der Waals surface area contributed by atoms with Gasteiger partial charge in [-0.05, 0) is 52.5 Å². The van der Waals surface area contributed by atoms with Crippen LogP contribution in [0.5, 0.6) is 0 Å². The van der Waals surface area contributed by atoms with Crippen LogP contribution in [0.4, 0.5) is 0 Å². The number of amides is 1. The van der Waals surface area contributed by atoms with Crippen LogP contribution in [0.25, 0.3) is 11.0 Å². The van der Waals surface area contributed by atoms with E-state index >= 15 is 0 Å². The standard InChI is InChI=1S/C18H27N5O/c1-11(2)23-17-16(10-20-23)15(9-12(3)21-17)18(24)22-7-5-14(6-8-22)13(4)19/h9-11,13-14H,5-8,19H2,1-4H3. The highest BCUT2D eigenvalue weighted by Gasteiger charge is 2.27. The molecule has 0 spiro atoms. The first kappa shape index (κ1) is 16.9. The van der Waals surface area contributed by atoms with Gasteiger partial charge in [-0.2, -0.15) is 5.10 Å². The van der Waals surface area contributed by atoms with Gasteiger partial charge >= 0.3 is 0 Å². The molecule has 1 amide bonds. The Labute approximate surface area is 143 Å². The Morgan fingerprint density at radius 3 is 2.54 bits per heavy atom. The average molecular weight is 329 g/mol. The lowest BCUT2D eigenvalue weighted by Gasteiger charge is -2.33. The summed E-state index contributed by atoms with van der Waals surface area (Å²) >= 11 is 0. The highest BCUT2D eigenvalue weighted by Crippen LogP contribution is 2.25. The fourth-order valence-corrected chi connectivity index (χ4v) is 3.50. The summed E-state index contributed by atoms with van der Waals surface area (Å²) < 4.78 is 1.88. The van der Waals surface area contributed by atoms with Gasteiger partial charge in [-0.15, -0.1) is 0 Å². The van der Waals surface area contributed by atoms with E-state index in [4.69, 9.17) is 5.73 Å². The van der Waals surface area contributed by atoms with Gasteiger partial charge in [-0.25, -0.2) is 9.67 Å². The SMILES string of the molecule is Cc1cc(C(=O)N2CCC(C(C)N)CC2)c2cnn(C(C)C)c2n1. The number of piperidine rings is 1. The van der Waals surface area contributed by atoms with Gasteiger partial charge in [0.05, 0.1) is 17.1 Å². The first-order valence-electron chi connectivity index (χ1n) is 8.78. The van der Waals surface area contributed by atoms with Gasteiger partial charge in [0, 0.05) is 30.9 Å². The number of rotatable bonds is 3. The molecule has 0 radical (unpaired) electrons. The first-order chi connectivity index (χ1) is 11.4. The number of carbonyl (C=O) groups excluding carboxylic acids is 1. The highest BCUT2D eigenvalue weighted by atomic mass is 16.2. The maximum absolute atomic E-state index is 13.1. The van der Waals surface area contributed by atoms with Crippen LogP contribution in [0.2, 0.25) is 0 Å². The second-order valence-electron chi connectivity index (χ2n) is 7.22. The molecule has 0 bridgehead atoms. The quantitative estimate of drug-likeness (QED) is 0.938. The minimum atomic E-state index is 0.0805. The predicted molar refractivity (Wildman–Crippen MR) is 94.9 cm³/mol. The molecule has 24 heavy (non-hydrogen) atoms. The summed E-state index contributed by atoms with van der Waals surface area (Å²) in [5.41, 5.74) is 8.35. The molecule has 0 aromatic carbocycles. The van der Waals surface area contributed by atoms with Crippen molar-refractivity contribution < 1.29 is 4.79 Å². The Balaban J connectivity index is 1.91. The molecule has 130 valence electrons. The van der Waals surface area contributed by atoms with Crippen molar-refractivity contribution in [3.63, 3.8) is 0 Å². The zero-order valence-corrected chi connectivity index (χ0v) is 15.0. The molecule has 3 heterocycles. The Morgan fingerprint density at radius 2 is 1.96 bits per heavy atom. The maximum atomic E-state index is 13.1. The van der Waals surface area contributed by atoms with E-state index in [1.165, 1.54) is 0 Å². The number of aryl methyl sites for hydroxylation is 1. The molecule has 6 heteroatoms. The number of fused-ring (bicyclic) bond motifs is 1. The number of likely N-dealkylation sites (tertiary alicyclic amines) is 1. The number of aromatic nitrogens is 3. The van der Waals surface area contributed by atoms with Gasteiger partial charge in [-0.3, -0.25) is 4.79 Å². The van der Waals surface area contributed by atoms with Gasteiger partial charge in [0.2, 0.25) is 0 Å². The van der Waals surface area contributed by atoms with Crippen LogP contribution in [0, 0.1) is 12.8 Å². The number of nitrogens with zero attached hydrogens (tertiary/aromatic N) is 4. The molecule has 1 fully saturated rings. The van der Waals surface area contributed by atoms with Crippen molar-refractivity contribution in [2.75, 3.05) is 13.1 Å². The summed E-state index contributed by atoms with van der Waals surface area (Å²) in [6, 6.07) is 2.29. The summed E-state index contributed by atoms with van der Waals surface area (Å²) in [5.74, 6) is 0.592. The van der Waals surface area contributed by atoms with Crippen molar-refractivity contribution in [2.45, 2.75) is 52.6 Å². The molecule has 1 unspecified atom stereocenters. The van der Waals surface area contributed by atoms with Crippen LogP contribution in [-0.4, -0.2) is 44.7 Å². The monoisotopic (exact) mass is 329 g/mol. The third-order valence-corrected chi connectivity index (χ3v) is 4.98. The van der Waals surface area contributed by atoms with Crippen LogP contribution < -0.4 is 5.73 Å². The number of carbonyl (C=O) groups is 1. The van der Waals surface area contributed by atoms with Gasteiger partial charge in [0.25, 0.3) is 5.91 Å². The van der Waals surface area contributed by atoms with E-state index in [-0.39, 0.29) is 18.0 Å². The number of hydrogen-bond donors (Lipinski definition) is 1. The van der Waals surface area contributed by atoms with Crippen LogP contribution in [-0.2, 0) is 0 Å². The van der Waals surface area contributed by atoms with Crippen LogP contribution in [0.3, 0.4) is 0 Å². The van der Waals surface area contributed by atoms with Gasteiger partial charge in [-0.1, -0.05) is 0 Å². The molecule has 1 saturated heterocycles. The smallest absolute Gasteiger partial charge is 0.254 e. The molecule has 6 nitrogen and oxygen atoms in total. The molecular formula is C18H27N5O. The summed E-state index contributed by atoms with van der Waals surface area (Å²) in [4.78, 5) is 19.6. The normalized spacial score (nSPS) is 17.7. The van der Waals surface area contributed by atoms with E-state index in [9.17, 15) is 4.79 Å². The van der Waals surface area contributed by atoms with Gasteiger partial charge in [0.1, 0.15) is 0 Å². The molecule has 1 atom stereocenters. The molecule has 1 aliphatic rings. The van der Waals surface area contributed by atoms with E-state index in [1.807, 2.05) is 22.6 Å². The third kappa shape index (κ3) is 3.02. The van der Waals surface area contributed by atoms with Crippen molar-refractivity contribution in [3.05, 3.63) is 23.5 Å². The minimum Gasteiger partial charge on any atom is -0.339 e. The van der Waals surface area contributed by atoms with E-state index in [0.29, 0.717) is 11.5 Å². The van der Waals surface area contributed by atoms with Crippen LogP contribution in [0.1, 0.15) is 55.7 Å². The van der Waals surface area contributed by atoms with E-state index in [0.717, 1.165) is 42.7 Å². The lowest BCUT2D eigenvalue weighted by molar-refractivity contribution is 0.0683. The van der Waals surface area contributed by atoms with E-state index in [2.05, 4.69) is 30.9 Å². The summed E-state index contributed by atoms with van der Waals surface area (Å²) in [6.07, 6.45) is 3.72. The highest BCUT2D eigenvalue weighted by molar-refractivity contribution is 6.05. The first-order valence-corrected chi connectivity index (χ1v) is 8.78. The second kappa shape index (κ2) is 6.51. The van der Waals surface area contributed by atoms with Crippen molar-refractivity contribution in [2.24, 2.45) is 11.7 Å². The second-order valence-corrected chi connectivity index (χ2v) is 7.22. The van der Waals surface area contributed by atoms with Gasteiger partial charge < -0.3 is 10.6 Å². The van der Waals surface area contributed by atoms with Gasteiger partial charge in [0.15, 0.2) is 5.65 Å². The zero-order chi connectivity index (χ0) is 17.4. The predicted octanol–water partition coefficient (Wildman–Crippen LogP) is 2.52. The number of pyridine rings is 1. The molecule has 1 aliphatic heterocycles. The zero-order valence-electron chi connectivity index (χ0n) is 15.0. The van der Waals surface area contributed by atoms with Crippen molar-refractivity contribution in [1.29, 1.82) is 0 Å². The summed E-state index contributed by atoms with van der Waals surface area (Å²) in [6.45, 7) is 9.65. The fraction of sp³-hybridized carbons (Fsp3) is 0.611. The Hall–Kier alpha value is -1.95. The molecule has 2 N–H and O–H groups in total. The third-order valence-electron chi connectivity index (χ3n) is 4.98. The molecule has 3 rings (SSSR count). The topological polar surface area (TPSA) is 77.0 Å².